The molecule has 0 radical (unpaired) electrons. The number of aromatic nitrogens is 2. The average molecular weight is 421 g/mol. The maximum atomic E-state index is 12.4. The molecule has 4 N–H and O–H groups in total. The Hall–Kier alpha value is -3.61. The maximum Gasteiger partial charge on any atom is 0.315 e. The molecule has 7 heteroatoms. The van der Waals surface area contributed by atoms with Crippen LogP contribution in [0.3, 0.4) is 0 Å². The van der Waals surface area contributed by atoms with Gasteiger partial charge in [-0.05, 0) is 55.9 Å². The van der Waals surface area contributed by atoms with Crippen LogP contribution in [0.15, 0.2) is 59.4 Å². The Morgan fingerprint density at radius 2 is 1.71 bits per heavy atom. The molecule has 0 aliphatic rings. The number of phenols is 1. The van der Waals surface area contributed by atoms with Crippen LogP contribution in [-0.2, 0) is 25.8 Å². The van der Waals surface area contributed by atoms with Crippen LogP contribution < -0.4 is 16.2 Å². The van der Waals surface area contributed by atoms with E-state index in [-0.39, 0.29) is 17.3 Å². The molecule has 0 aliphatic carbocycles. The summed E-state index contributed by atoms with van der Waals surface area (Å²) in [5.41, 5.74) is 4.12. The van der Waals surface area contributed by atoms with Gasteiger partial charge in [-0.25, -0.2) is 4.79 Å². The second-order valence-corrected chi connectivity index (χ2v) is 7.44. The third-order valence-electron chi connectivity index (χ3n) is 5.04. The van der Waals surface area contributed by atoms with Crippen LogP contribution in [0.4, 0.5) is 4.79 Å². The van der Waals surface area contributed by atoms with E-state index >= 15 is 0 Å². The summed E-state index contributed by atoms with van der Waals surface area (Å²) >= 11 is 0. The number of hydrogen-bond donors (Lipinski definition) is 4. The summed E-state index contributed by atoms with van der Waals surface area (Å²) in [6.07, 6.45) is 2.70. The molecule has 2 amide bonds. The van der Waals surface area contributed by atoms with Crippen LogP contribution in [-0.4, -0.2) is 27.7 Å². The van der Waals surface area contributed by atoms with E-state index in [9.17, 15) is 14.7 Å². The van der Waals surface area contributed by atoms with E-state index in [4.69, 9.17) is 0 Å². The number of aromatic hydroxyl groups is 1. The Kier molecular flexibility index (Phi) is 7.81. The molecular weight excluding hydrogens is 392 g/mol. The predicted molar refractivity (Wildman–Crippen MR) is 120 cm³/mol. The number of benzene rings is 2. The zero-order valence-electron chi connectivity index (χ0n) is 17.6. The van der Waals surface area contributed by atoms with E-state index in [0.29, 0.717) is 38.0 Å². The molecule has 1 heterocycles. The summed E-state index contributed by atoms with van der Waals surface area (Å²) in [7, 11) is 0. The molecule has 0 saturated heterocycles. The summed E-state index contributed by atoms with van der Waals surface area (Å²) in [6, 6.07) is 16.5. The molecule has 3 aromatic rings. The lowest BCUT2D eigenvalue weighted by molar-refractivity contribution is 0.240. The molecule has 0 atom stereocenters. The van der Waals surface area contributed by atoms with Gasteiger partial charge in [0, 0.05) is 18.8 Å². The van der Waals surface area contributed by atoms with Gasteiger partial charge in [-0.1, -0.05) is 42.5 Å². The Bertz CT molecular complexity index is 1050. The van der Waals surface area contributed by atoms with E-state index in [2.05, 4.69) is 20.6 Å². The number of aromatic amines is 1. The number of phenolic OH excluding ortho intramolecular Hbond substituents is 1. The summed E-state index contributed by atoms with van der Waals surface area (Å²) in [4.78, 5) is 31.8. The van der Waals surface area contributed by atoms with Crippen LogP contribution >= 0.6 is 0 Å². The third-order valence-corrected chi connectivity index (χ3v) is 5.04. The van der Waals surface area contributed by atoms with Gasteiger partial charge in [0.15, 0.2) is 0 Å². The minimum Gasteiger partial charge on any atom is -0.508 e. The van der Waals surface area contributed by atoms with Gasteiger partial charge in [-0.2, -0.15) is 0 Å². The topological polar surface area (TPSA) is 107 Å². The molecule has 162 valence electrons. The zero-order chi connectivity index (χ0) is 22.1. The second kappa shape index (κ2) is 11.0. The maximum absolute atomic E-state index is 12.4. The molecule has 0 spiro atoms. The van der Waals surface area contributed by atoms with Crippen molar-refractivity contribution in [3.8, 4) is 5.75 Å². The van der Waals surface area contributed by atoms with Crippen molar-refractivity contribution in [2.75, 3.05) is 6.54 Å². The van der Waals surface area contributed by atoms with Gasteiger partial charge in [0.05, 0.1) is 5.69 Å². The van der Waals surface area contributed by atoms with Crippen LogP contribution in [0.2, 0.25) is 0 Å². The SMILES string of the molecule is Cc1nc(CCc2ccccc2)c(=O)[nH]c1CCCNC(=O)NCc1ccc(O)cc1. The number of amides is 2. The van der Waals surface area contributed by atoms with Crippen LogP contribution in [0, 0.1) is 6.92 Å². The first-order valence-corrected chi connectivity index (χ1v) is 10.4. The summed E-state index contributed by atoms with van der Waals surface area (Å²) in [6.45, 7) is 2.76. The first kappa shape index (κ1) is 22.1. The van der Waals surface area contributed by atoms with E-state index in [1.807, 2.05) is 37.3 Å². The molecule has 2 aromatic carbocycles. The van der Waals surface area contributed by atoms with Crippen molar-refractivity contribution in [2.24, 2.45) is 0 Å². The molecule has 1 aromatic heterocycles. The Labute approximate surface area is 181 Å². The highest BCUT2D eigenvalue weighted by Crippen LogP contribution is 2.09. The van der Waals surface area contributed by atoms with E-state index in [1.165, 1.54) is 5.56 Å². The van der Waals surface area contributed by atoms with Crippen molar-refractivity contribution in [3.63, 3.8) is 0 Å². The number of carbonyl (C=O) groups is 1. The fourth-order valence-electron chi connectivity index (χ4n) is 3.27. The molecule has 0 bridgehead atoms. The monoisotopic (exact) mass is 420 g/mol. The van der Waals surface area contributed by atoms with Gasteiger partial charge >= 0.3 is 6.03 Å². The summed E-state index contributed by atoms with van der Waals surface area (Å²) < 4.78 is 0. The van der Waals surface area contributed by atoms with Gasteiger partial charge in [0.25, 0.3) is 5.56 Å². The normalized spacial score (nSPS) is 10.6. The second-order valence-electron chi connectivity index (χ2n) is 7.44. The highest BCUT2D eigenvalue weighted by atomic mass is 16.3. The quantitative estimate of drug-likeness (QED) is 0.399. The fraction of sp³-hybridized carbons (Fsp3) is 0.292. The molecule has 3 rings (SSSR count). The fourth-order valence-corrected chi connectivity index (χ4v) is 3.27. The van der Waals surface area contributed by atoms with Crippen molar-refractivity contribution >= 4 is 6.03 Å². The Morgan fingerprint density at radius 3 is 2.45 bits per heavy atom. The number of nitrogens with zero attached hydrogens (tertiary/aromatic N) is 1. The Morgan fingerprint density at radius 1 is 0.968 bits per heavy atom. The lowest BCUT2D eigenvalue weighted by Gasteiger charge is -2.10. The highest BCUT2D eigenvalue weighted by Gasteiger charge is 2.08. The van der Waals surface area contributed by atoms with Gasteiger partial charge in [-0.3, -0.25) is 9.78 Å². The summed E-state index contributed by atoms with van der Waals surface area (Å²) in [5, 5.41) is 14.8. The number of carbonyl (C=O) groups excluding carboxylic acids is 1. The number of nitrogens with one attached hydrogen (secondary N) is 3. The number of hydrogen-bond acceptors (Lipinski definition) is 4. The molecule has 0 unspecified atom stereocenters. The minimum absolute atomic E-state index is 0.142. The standard InChI is InChI=1S/C24H28N4O3/c1-17-21(28-23(30)22(27-17)14-11-18-6-3-2-4-7-18)8-5-15-25-24(31)26-16-19-9-12-20(29)13-10-19/h2-4,6-7,9-10,12-13,29H,5,8,11,14-16H2,1H3,(H,28,30)(H2,25,26,31). The van der Waals surface area contributed by atoms with Crippen molar-refractivity contribution in [1.29, 1.82) is 0 Å². The lowest BCUT2D eigenvalue weighted by atomic mass is 10.1. The van der Waals surface area contributed by atoms with Crippen molar-refractivity contribution in [1.82, 2.24) is 20.6 Å². The molecular formula is C24H28N4O3. The molecule has 0 saturated carbocycles. The molecule has 0 fully saturated rings. The lowest BCUT2D eigenvalue weighted by Crippen LogP contribution is -2.35. The third kappa shape index (κ3) is 6.99. The van der Waals surface area contributed by atoms with E-state index < -0.39 is 0 Å². The van der Waals surface area contributed by atoms with Crippen LogP contribution in [0.1, 0.15) is 34.6 Å². The number of urea groups is 1. The van der Waals surface area contributed by atoms with Gasteiger partial charge < -0.3 is 20.7 Å². The van der Waals surface area contributed by atoms with Gasteiger partial charge in [-0.15, -0.1) is 0 Å². The molecule has 31 heavy (non-hydrogen) atoms. The van der Waals surface area contributed by atoms with E-state index in [1.54, 1.807) is 24.3 Å². The van der Waals surface area contributed by atoms with Crippen molar-refractivity contribution in [3.05, 3.63) is 93.2 Å². The smallest absolute Gasteiger partial charge is 0.315 e. The molecule has 7 nitrogen and oxygen atoms in total. The largest absolute Gasteiger partial charge is 0.508 e. The van der Waals surface area contributed by atoms with Crippen LogP contribution in [0.25, 0.3) is 0 Å². The predicted octanol–water partition coefficient (Wildman–Crippen LogP) is 3.00. The number of aryl methyl sites for hydroxylation is 4. The minimum atomic E-state index is -0.257. The highest BCUT2D eigenvalue weighted by molar-refractivity contribution is 5.73. The summed E-state index contributed by atoms with van der Waals surface area (Å²) in [5.74, 6) is 0.195. The van der Waals surface area contributed by atoms with Crippen molar-refractivity contribution in [2.45, 2.75) is 39.2 Å². The first-order valence-electron chi connectivity index (χ1n) is 10.4. The van der Waals surface area contributed by atoms with Gasteiger partial charge in [0.1, 0.15) is 11.4 Å². The van der Waals surface area contributed by atoms with Gasteiger partial charge in [0.2, 0.25) is 0 Å². The van der Waals surface area contributed by atoms with E-state index in [0.717, 1.165) is 23.4 Å². The average Bonchev–Trinajstić information content (AvgIpc) is 2.78. The van der Waals surface area contributed by atoms with Crippen molar-refractivity contribution < 1.29 is 9.90 Å². The molecule has 0 aliphatic heterocycles. The Balaban J connectivity index is 1.41. The number of H-pyrrole nitrogens is 1. The zero-order valence-corrected chi connectivity index (χ0v) is 17.6. The first-order chi connectivity index (χ1) is 15.0. The number of rotatable bonds is 9. The van der Waals surface area contributed by atoms with Crippen LogP contribution in [0.5, 0.6) is 5.75 Å².